The minimum absolute atomic E-state index is 0.0370. The molecule has 0 bridgehead atoms. The molecule has 22 heavy (non-hydrogen) atoms. The van der Waals surface area contributed by atoms with Crippen molar-refractivity contribution in [2.45, 2.75) is 27.7 Å². The highest BCUT2D eigenvalue weighted by molar-refractivity contribution is 5.95. The van der Waals surface area contributed by atoms with Crippen LogP contribution in [0.2, 0.25) is 0 Å². The Balaban J connectivity index is 2.23. The molecule has 116 valence electrons. The van der Waals surface area contributed by atoms with E-state index in [0.29, 0.717) is 24.6 Å². The van der Waals surface area contributed by atoms with Gasteiger partial charge in [-0.15, -0.1) is 0 Å². The van der Waals surface area contributed by atoms with Crippen LogP contribution in [0.5, 0.6) is 0 Å². The highest BCUT2D eigenvalue weighted by Gasteiger charge is 2.12. The quantitative estimate of drug-likeness (QED) is 0.920. The lowest BCUT2D eigenvalue weighted by Crippen LogP contribution is -2.30. The number of hydrogen-bond acceptors (Lipinski definition) is 4. The second-order valence-electron chi connectivity index (χ2n) is 5.16. The van der Waals surface area contributed by atoms with E-state index in [1.807, 2.05) is 58.0 Å². The molecule has 1 aromatic heterocycles. The molecule has 5 heteroatoms. The molecule has 1 amide bonds. The minimum Gasteiger partial charge on any atom is -0.339 e. The summed E-state index contributed by atoms with van der Waals surface area (Å²) in [7, 11) is 0. The molecule has 0 atom stereocenters. The molecule has 0 spiro atoms. The van der Waals surface area contributed by atoms with Crippen molar-refractivity contribution in [3.63, 3.8) is 0 Å². The van der Waals surface area contributed by atoms with Crippen LogP contribution in [0, 0.1) is 13.8 Å². The first kappa shape index (κ1) is 15.9. The summed E-state index contributed by atoms with van der Waals surface area (Å²) >= 11 is 0. The van der Waals surface area contributed by atoms with Crippen molar-refractivity contribution in [3.8, 4) is 0 Å². The number of carbonyl (C=O) groups excluding carboxylic acids is 1. The normalized spacial score (nSPS) is 10.4. The van der Waals surface area contributed by atoms with Crippen molar-refractivity contribution in [2.24, 2.45) is 0 Å². The number of carbonyl (C=O) groups is 1. The Morgan fingerprint density at radius 1 is 1.09 bits per heavy atom. The average molecular weight is 298 g/mol. The Bertz CT molecular complexity index is 645. The Morgan fingerprint density at radius 2 is 1.73 bits per heavy atom. The maximum Gasteiger partial charge on any atom is 0.253 e. The molecule has 1 heterocycles. The van der Waals surface area contributed by atoms with E-state index in [1.165, 1.54) is 0 Å². The molecular weight excluding hydrogens is 276 g/mol. The standard InChI is InChI=1S/C17H22N4O/c1-5-21(6-2)16(22)14-8-7-9-15(11-14)20-17-18-12(3)10-13(4)19-17/h7-11H,5-6H2,1-4H3,(H,18,19,20). The fourth-order valence-electron chi connectivity index (χ4n) is 2.33. The third kappa shape index (κ3) is 3.81. The van der Waals surface area contributed by atoms with Crippen molar-refractivity contribution in [1.29, 1.82) is 0 Å². The van der Waals surface area contributed by atoms with Gasteiger partial charge in [-0.2, -0.15) is 0 Å². The third-order valence-electron chi connectivity index (χ3n) is 3.40. The van der Waals surface area contributed by atoms with E-state index >= 15 is 0 Å². The van der Waals surface area contributed by atoms with Crippen LogP contribution >= 0.6 is 0 Å². The summed E-state index contributed by atoms with van der Waals surface area (Å²) in [6.07, 6.45) is 0. The van der Waals surface area contributed by atoms with Crippen molar-refractivity contribution in [3.05, 3.63) is 47.3 Å². The number of hydrogen-bond donors (Lipinski definition) is 1. The highest BCUT2D eigenvalue weighted by atomic mass is 16.2. The summed E-state index contributed by atoms with van der Waals surface area (Å²) in [6.45, 7) is 9.22. The monoisotopic (exact) mass is 298 g/mol. The van der Waals surface area contributed by atoms with Crippen LogP contribution in [0.3, 0.4) is 0 Å². The topological polar surface area (TPSA) is 58.1 Å². The van der Waals surface area contributed by atoms with Gasteiger partial charge in [0.1, 0.15) is 0 Å². The van der Waals surface area contributed by atoms with Crippen LogP contribution in [-0.2, 0) is 0 Å². The van der Waals surface area contributed by atoms with E-state index in [4.69, 9.17) is 0 Å². The third-order valence-corrected chi connectivity index (χ3v) is 3.40. The molecule has 0 radical (unpaired) electrons. The van der Waals surface area contributed by atoms with E-state index in [1.54, 1.807) is 4.90 Å². The Kier molecular flexibility index (Phi) is 5.09. The number of aryl methyl sites for hydroxylation is 2. The Hall–Kier alpha value is -2.43. The molecule has 0 saturated carbocycles. The van der Waals surface area contributed by atoms with Crippen LogP contribution in [0.4, 0.5) is 11.6 Å². The van der Waals surface area contributed by atoms with Gasteiger partial charge >= 0.3 is 0 Å². The van der Waals surface area contributed by atoms with Gasteiger partial charge in [-0.05, 0) is 52.0 Å². The number of rotatable bonds is 5. The predicted molar refractivity (Wildman–Crippen MR) is 88.5 cm³/mol. The number of amides is 1. The van der Waals surface area contributed by atoms with Crippen molar-refractivity contribution in [2.75, 3.05) is 18.4 Å². The van der Waals surface area contributed by atoms with Crippen LogP contribution < -0.4 is 5.32 Å². The van der Waals surface area contributed by atoms with Gasteiger partial charge in [0.2, 0.25) is 5.95 Å². The number of nitrogens with zero attached hydrogens (tertiary/aromatic N) is 3. The molecule has 0 aliphatic heterocycles. The van der Waals surface area contributed by atoms with Crippen LogP contribution in [0.25, 0.3) is 0 Å². The fraction of sp³-hybridized carbons (Fsp3) is 0.353. The summed E-state index contributed by atoms with van der Waals surface area (Å²) in [5, 5.41) is 3.16. The fourth-order valence-corrected chi connectivity index (χ4v) is 2.33. The number of benzene rings is 1. The van der Waals surface area contributed by atoms with Crippen LogP contribution in [0.1, 0.15) is 35.6 Å². The van der Waals surface area contributed by atoms with Gasteiger partial charge in [-0.3, -0.25) is 4.79 Å². The first-order valence-electron chi connectivity index (χ1n) is 7.52. The van der Waals surface area contributed by atoms with Gasteiger partial charge in [-0.25, -0.2) is 9.97 Å². The van der Waals surface area contributed by atoms with Crippen LogP contribution in [-0.4, -0.2) is 33.9 Å². The van der Waals surface area contributed by atoms with Gasteiger partial charge in [0, 0.05) is 35.7 Å². The molecular formula is C17H22N4O. The number of nitrogens with one attached hydrogen (secondary N) is 1. The maximum absolute atomic E-state index is 12.4. The zero-order valence-electron chi connectivity index (χ0n) is 13.6. The largest absolute Gasteiger partial charge is 0.339 e. The van der Waals surface area contributed by atoms with E-state index < -0.39 is 0 Å². The first-order chi connectivity index (χ1) is 10.5. The molecule has 5 nitrogen and oxygen atoms in total. The SMILES string of the molecule is CCN(CC)C(=O)c1cccc(Nc2nc(C)cc(C)n2)c1. The minimum atomic E-state index is 0.0370. The average Bonchev–Trinajstić information content (AvgIpc) is 2.47. The molecule has 0 aliphatic carbocycles. The summed E-state index contributed by atoms with van der Waals surface area (Å²) in [6, 6.07) is 9.35. The Labute approximate surface area is 131 Å². The van der Waals surface area contributed by atoms with Gasteiger partial charge in [0.15, 0.2) is 0 Å². The summed E-state index contributed by atoms with van der Waals surface area (Å²) in [5.74, 6) is 0.583. The highest BCUT2D eigenvalue weighted by Crippen LogP contribution is 2.17. The smallest absolute Gasteiger partial charge is 0.253 e. The molecule has 0 aliphatic rings. The van der Waals surface area contributed by atoms with Gasteiger partial charge in [0.05, 0.1) is 0 Å². The number of anilines is 2. The second-order valence-corrected chi connectivity index (χ2v) is 5.16. The van der Waals surface area contributed by atoms with E-state index in [9.17, 15) is 4.79 Å². The molecule has 0 saturated heterocycles. The molecule has 0 unspecified atom stereocenters. The van der Waals surface area contributed by atoms with E-state index in [-0.39, 0.29) is 5.91 Å². The molecule has 1 aromatic carbocycles. The van der Waals surface area contributed by atoms with Crippen molar-refractivity contribution >= 4 is 17.5 Å². The predicted octanol–water partition coefficient (Wildman–Crippen LogP) is 3.32. The van der Waals surface area contributed by atoms with Gasteiger partial charge in [0.25, 0.3) is 5.91 Å². The zero-order chi connectivity index (χ0) is 16.1. The lowest BCUT2D eigenvalue weighted by molar-refractivity contribution is 0.0773. The van der Waals surface area contributed by atoms with Crippen molar-refractivity contribution < 1.29 is 4.79 Å². The molecule has 0 fully saturated rings. The van der Waals surface area contributed by atoms with Gasteiger partial charge < -0.3 is 10.2 Å². The summed E-state index contributed by atoms with van der Waals surface area (Å²) < 4.78 is 0. The van der Waals surface area contributed by atoms with E-state index in [2.05, 4.69) is 15.3 Å². The summed E-state index contributed by atoms with van der Waals surface area (Å²) in [4.78, 5) is 22.9. The zero-order valence-corrected chi connectivity index (χ0v) is 13.6. The molecule has 2 rings (SSSR count). The van der Waals surface area contributed by atoms with Crippen molar-refractivity contribution in [1.82, 2.24) is 14.9 Å². The van der Waals surface area contributed by atoms with E-state index in [0.717, 1.165) is 17.1 Å². The Morgan fingerprint density at radius 3 is 2.32 bits per heavy atom. The lowest BCUT2D eigenvalue weighted by Gasteiger charge is -2.19. The first-order valence-corrected chi connectivity index (χ1v) is 7.52. The second kappa shape index (κ2) is 7.02. The molecule has 1 N–H and O–H groups in total. The summed E-state index contributed by atoms with van der Waals surface area (Å²) in [5.41, 5.74) is 3.29. The number of aromatic nitrogens is 2. The molecule has 2 aromatic rings. The maximum atomic E-state index is 12.4. The van der Waals surface area contributed by atoms with Gasteiger partial charge in [-0.1, -0.05) is 6.07 Å². The van der Waals surface area contributed by atoms with Crippen LogP contribution in [0.15, 0.2) is 30.3 Å². The lowest BCUT2D eigenvalue weighted by atomic mass is 10.1.